The van der Waals surface area contributed by atoms with Crippen LogP contribution in [0.15, 0.2) is 97.1 Å². The predicted molar refractivity (Wildman–Crippen MR) is 193 cm³/mol. The van der Waals surface area contributed by atoms with E-state index < -0.39 is 0 Å². The Hall–Kier alpha value is -3.72. The van der Waals surface area contributed by atoms with Crippen LogP contribution in [0.2, 0.25) is 0 Å². The maximum absolute atomic E-state index is 5.88. The van der Waals surface area contributed by atoms with Crippen molar-refractivity contribution < 1.29 is 33.2 Å². The molecule has 6 rings (SSSR count). The molecule has 260 valence electrons. The van der Waals surface area contributed by atoms with Crippen LogP contribution in [0.3, 0.4) is 0 Å². The van der Waals surface area contributed by atoms with Gasteiger partial charge in [-0.25, -0.2) is 0 Å². The van der Waals surface area contributed by atoms with Gasteiger partial charge in [0.2, 0.25) is 0 Å². The normalized spacial score (nSPS) is 17.8. The molecule has 4 unspecified atom stereocenters. The van der Waals surface area contributed by atoms with Crippen molar-refractivity contribution in [3.63, 3.8) is 0 Å². The maximum Gasteiger partial charge on any atom is 0.119 e. The van der Waals surface area contributed by atoms with Crippen molar-refractivity contribution in [2.24, 2.45) is 0 Å². The number of rotatable bonds is 22. The summed E-state index contributed by atoms with van der Waals surface area (Å²) < 4.78 is 39.6. The summed E-state index contributed by atoms with van der Waals surface area (Å²) in [5.74, 6) is 1.67. The summed E-state index contributed by atoms with van der Waals surface area (Å²) in [6.07, 6.45) is 5.16. The summed E-state index contributed by atoms with van der Waals surface area (Å²) in [7, 11) is 0. The topological polar surface area (TPSA) is 71.2 Å². The van der Waals surface area contributed by atoms with Crippen molar-refractivity contribution in [1.29, 1.82) is 0 Å². The Labute approximate surface area is 291 Å². The smallest absolute Gasteiger partial charge is 0.119 e. The van der Waals surface area contributed by atoms with Gasteiger partial charge >= 0.3 is 0 Å². The van der Waals surface area contributed by atoms with Gasteiger partial charge in [0.05, 0.1) is 51.8 Å². The monoisotopic (exact) mass is 666 g/mol. The molecular weight excluding hydrogens is 616 g/mol. The molecule has 0 radical (unpaired) electrons. The zero-order valence-corrected chi connectivity index (χ0v) is 28.9. The Morgan fingerprint density at radius 2 is 0.857 bits per heavy atom. The lowest BCUT2D eigenvalue weighted by atomic mass is 10.0. The minimum Gasteiger partial charge on any atom is -0.491 e. The fourth-order valence-corrected chi connectivity index (χ4v) is 5.53. The van der Waals surface area contributed by atoms with Crippen molar-refractivity contribution in [3.8, 4) is 33.8 Å². The van der Waals surface area contributed by atoms with Gasteiger partial charge in [-0.1, -0.05) is 72.8 Å². The van der Waals surface area contributed by atoms with Crippen LogP contribution in [-0.4, -0.2) is 77.3 Å². The molecule has 0 bridgehead atoms. The van der Waals surface area contributed by atoms with Gasteiger partial charge in [0.1, 0.15) is 36.9 Å². The van der Waals surface area contributed by atoms with E-state index in [1.807, 2.05) is 24.3 Å². The first-order valence-corrected chi connectivity index (χ1v) is 17.8. The molecule has 7 nitrogen and oxygen atoms in total. The van der Waals surface area contributed by atoms with Crippen molar-refractivity contribution in [2.75, 3.05) is 52.9 Å². The van der Waals surface area contributed by atoms with E-state index in [0.717, 1.165) is 50.4 Å². The van der Waals surface area contributed by atoms with Crippen molar-refractivity contribution in [1.82, 2.24) is 0 Å². The van der Waals surface area contributed by atoms with Gasteiger partial charge in [-0.05, 0) is 97.2 Å². The van der Waals surface area contributed by atoms with Gasteiger partial charge in [-0.15, -0.1) is 0 Å². The molecule has 2 saturated heterocycles. The molecule has 0 saturated carbocycles. The molecule has 0 N–H and O–H groups in total. The van der Waals surface area contributed by atoms with Crippen molar-refractivity contribution in [3.05, 3.63) is 108 Å². The second kappa shape index (κ2) is 18.3. The van der Waals surface area contributed by atoms with Crippen LogP contribution >= 0.6 is 0 Å². The van der Waals surface area contributed by atoms with Crippen LogP contribution in [0.4, 0.5) is 0 Å². The molecule has 0 aliphatic carbocycles. The fourth-order valence-electron chi connectivity index (χ4n) is 5.53. The maximum atomic E-state index is 5.88. The van der Waals surface area contributed by atoms with E-state index >= 15 is 0 Å². The van der Waals surface area contributed by atoms with Gasteiger partial charge in [0.25, 0.3) is 0 Å². The van der Waals surface area contributed by atoms with E-state index in [0.29, 0.717) is 51.8 Å². The summed E-state index contributed by atoms with van der Waals surface area (Å²) in [6.45, 7) is 9.35. The van der Waals surface area contributed by atoms with E-state index in [-0.39, 0.29) is 12.2 Å². The average Bonchev–Trinajstić information content (AvgIpc) is 4.08. The van der Waals surface area contributed by atoms with Crippen LogP contribution in [0.5, 0.6) is 11.5 Å². The van der Waals surface area contributed by atoms with Crippen molar-refractivity contribution >= 4 is 0 Å². The Morgan fingerprint density at radius 3 is 1.20 bits per heavy atom. The standard InChI is InChI=1S/C42H50O7/c1-31(46-27-41-29-48-41)3-5-33-7-11-35(12-8-33)37-15-19-39(20-16-37)44-25-23-43-24-26-45-40-21-17-38(18-22-40)36-13-9-34(10-14-36)6-4-32(2)47-28-42-30-49-42/h7-22,31-32,41-42H,3-6,23-30H2,1-2H3. The van der Waals surface area contributed by atoms with E-state index in [2.05, 4.69) is 86.6 Å². The molecule has 2 heterocycles. The molecule has 4 atom stereocenters. The lowest BCUT2D eigenvalue weighted by Gasteiger charge is -2.12. The van der Waals surface area contributed by atoms with Crippen LogP contribution in [-0.2, 0) is 36.5 Å². The van der Waals surface area contributed by atoms with Crippen LogP contribution in [0, 0.1) is 0 Å². The highest BCUT2D eigenvalue weighted by atomic mass is 16.6. The second-order valence-corrected chi connectivity index (χ2v) is 13.0. The van der Waals surface area contributed by atoms with E-state index in [4.69, 9.17) is 33.2 Å². The van der Waals surface area contributed by atoms with Gasteiger partial charge in [-0.2, -0.15) is 0 Å². The van der Waals surface area contributed by atoms with Crippen LogP contribution < -0.4 is 9.47 Å². The van der Waals surface area contributed by atoms with Gasteiger partial charge in [0.15, 0.2) is 0 Å². The third kappa shape index (κ3) is 12.3. The summed E-state index contributed by atoms with van der Waals surface area (Å²) in [5.41, 5.74) is 7.37. The van der Waals surface area contributed by atoms with Gasteiger partial charge < -0.3 is 33.2 Å². The summed E-state index contributed by atoms with van der Waals surface area (Å²) in [4.78, 5) is 0. The number of ether oxygens (including phenoxy) is 7. The molecule has 4 aromatic rings. The third-order valence-electron chi connectivity index (χ3n) is 8.89. The zero-order chi connectivity index (χ0) is 33.7. The molecule has 0 spiro atoms. The number of aryl methyl sites for hydroxylation is 2. The molecule has 4 aromatic carbocycles. The molecular formula is C42H50O7. The number of hydrogen-bond donors (Lipinski definition) is 0. The lowest BCUT2D eigenvalue weighted by Crippen LogP contribution is -2.13. The zero-order valence-electron chi connectivity index (χ0n) is 28.9. The van der Waals surface area contributed by atoms with Gasteiger partial charge in [-0.3, -0.25) is 0 Å². The summed E-state index contributed by atoms with van der Waals surface area (Å²) >= 11 is 0. The summed E-state index contributed by atoms with van der Waals surface area (Å²) in [6, 6.07) is 34.0. The molecule has 2 aliphatic rings. The first kappa shape index (κ1) is 35.1. The second-order valence-electron chi connectivity index (χ2n) is 13.0. The lowest BCUT2D eigenvalue weighted by molar-refractivity contribution is 0.0494. The van der Waals surface area contributed by atoms with E-state index in [1.165, 1.54) is 33.4 Å². The highest BCUT2D eigenvalue weighted by Gasteiger charge is 2.24. The highest BCUT2D eigenvalue weighted by Crippen LogP contribution is 2.25. The highest BCUT2D eigenvalue weighted by molar-refractivity contribution is 5.65. The number of epoxide rings is 2. The number of hydrogen-bond acceptors (Lipinski definition) is 7. The quantitative estimate of drug-likeness (QED) is 0.0623. The van der Waals surface area contributed by atoms with Gasteiger partial charge in [0, 0.05) is 0 Å². The molecule has 0 aromatic heterocycles. The average molecular weight is 667 g/mol. The molecule has 0 amide bonds. The Kier molecular flexibility index (Phi) is 13.1. The van der Waals surface area contributed by atoms with Crippen molar-refractivity contribution in [2.45, 2.75) is 63.9 Å². The Morgan fingerprint density at radius 1 is 0.510 bits per heavy atom. The molecule has 49 heavy (non-hydrogen) atoms. The minimum atomic E-state index is 0.243. The first-order chi connectivity index (χ1) is 24.1. The number of benzene rings is 4. The SMILES string of the molecule is CC(CCc1ccc(-c2ccc(OCCOCCOc3ccc(-c4ccc(CCC(C)OCC5CO5)cc4)cc3)cc2)cc1)OCC1CO1. The molecule has 7 heteroatoms. The predicted octanol–water partition coefficient (Wildman–Crippen LogP) is 7.97. The third-order valence-corrected chi connectivity index (χ3v) is 8.89. The first-order valence-electron chi connectivity index (χ1n) is 17.8. The minimum absolute atomic E-state index is 0.243. The fraction of sp³-hybridized carbons (Fsp3) is 0.429. The van der Waals surface area contributed by atoms with Crippen LogP contribution in [0.25, 0.3) is 22.3 Å². The van der Waals surface area contributed by atoms with Crippen LogP contribution in [0.1, 0.15) is 37.8 Å². The van der Waals surface area contributed by atoms with E-state index in [9.17, 15) is 0 Å². The Balaban J connectivity index is 0.817. The molecule has 2 aliphatic heterocycles. The largest absolute Gasteiger partial charge is 0.491 e. The molecule has 2 fully saturated rings. The Bertz CT molecular complexity index is 1390. The van der Waals surface area contributed by atoms with E-state index in [1.54, 1.807) is 0 Å². The summed E-state index contributed by atoms with van der Waals surface area (Å²) in [5, 5.41) is 0.